The van der Waals surface area contributed by atoms with Crippen molar-refractivity contribution >= 4 is 11.5 Å². The van der Waals surface area contributed by atoms with Gasteiger partial charge >= 0.3 is 0 Å². The third kappa shape index (κ3) is 3.73. The molecule has 0 bridgehead atoms. The lowest BCUT2D eigenvalue weighted by Crippen LogP contribution is -2.38. The molecular weight excluding hydrogens is 242 g/mol. The molecule has 0 aromatic carbocycles. The van der Waals surface area contributed by atoms with E-state index in [1.54, 1.807) is 6.07 Å². The second kappa shape index (κ2) is 5.65. The smallest absolute Gasteiger partial charge is 0.239 e. The van der Waals surface area contributed by atoms with Crippen molar-refractivity contribution in [3.05, 3.63) is 12.1 Å². The van der Waals surface area contributed by atoms with E-state index in [9.17, 15) is 5.11 Å². The summed E-state index contributed by atoms with van der Waals surface area (Å²) in [4.78, 5) is 4.38. The zero-order chi connectivity index (χ0) is 13.9. The largest absolute Gasteiger partial charge is 0.476 e. The summed E-state index contributed by atoms with van der Waals surface area (Å²) in [6, 6.07) is 3.59. The third-order valence-electron chi connectivity index (χ3n) is 3.60. The van der Waals surface area contributed by atoms with Crippen molar-refractivity contribution in [2.45, 2.75) is 38.6 Å². The van der Waals surface area contributed by atoms with E-state index in [1.807, 2.05) is 19.9 Å². The lowest BCUT2D eigenvalue weighted by Gasteiger charge is -2.28. The summed E-state index contributed by atoms with van der Waals surface area (Å²) in [5.74, 6) is 1.82. The molecule has 1 unspecified atom stereocenters. The second-order valence-corrected chi connectivity index (χ2v) is 5.54. The van der Waals surface area contributed by atoms with Crippen LogP contribution in [0.3, 0.4) is 0 Å². The second-order valence-electron chi connectivity index (χ2n) is 5.54. The van der Waals surface area contributed by atoms with Gasteiger partial charge in [0.1, 0.15) is 5.82 Å². The SMILES string of the molecule is CCC(C)(CO)Nc1ccc(N)c(OCC2CC2)n1. The molecule has 19 heavy (non-hydrogen) atoms. The highest BCUT2D eigenvalue weighted by Crippen LogP contribution is 2.31. The fraction of sp³-hybridized carbons (Fsp3) is 0.643. The van der Waals surface area contributed by atoms with E-state index >= 15 is 0 Å². The van der Waals surface area contributed by atoms with E-state index in [4.69, 9.17) is 10.5 Å². The van der Waals surface area contributed by atoms with Crippen molar-refractivity contribution in [2.75, 3.05) is 24.3 Å². The van der Waals surface area contributed by atoms with Crippen LogP contribution in [-0.4, -0.2) is 28.8 Å². The number of hydrogen-bond donors (Lipinski definition) is 3. The van der Waals surface area contributed by atoms with Crippen molar-refractivity contribution in [3.8, 4) is 5.88 Å². The van der Waals surface area contributed by atoms with Crippen molar-refractivity contribution < 1.29 is 9.84 Å². The zero-order valence-electron chi connectivity index (χ0n) is 11.6. The molecule has 1 heterocycles. The van der Waals surface area contributed by atoms with Crippen molar-refractivity contribution in [1.29, 1.82) is 0 Å². The molecule has 0 aliphatic heterocycles. The first kappa shape index (κ1) is 13.9. The lowest BCUT2D eigenvalue weighted by molar-refractivity contribution is 0.218. The minimum atomic E-state index is -0.378. The summed E-state index contributed by atoms with van der Waals surface area (Å²) < 4.78 is 5.64. The fourth-order valence-corrected chi connectivity index (χ4v) is 1.67. The molecule has 0 amide bonds. The summed E-state index contributed by atoms with van der Waals surface area (Å²) in [7, 11) is 0. The van der Waals surface area contributed by atoms with Crippen LogP contribution in [0.15, 0.2) is 12.1 Å². The summed E-state index contributed by atoms with van der Waals surface area (Å²) in [5.41, 5.74) is 6.03. The average Bonchev–Trinajstić information content (AvgIpc) is 3.23. The molecule has 0 radical (unpaired) electrons. The Morgan fingerprint density at radius 3 is 2.84 bits per heavy atom. The van der Waals surface area contributed by atoms with Gasteiger partial charge in [0, 0.05) is 0 Å². The van der Waals surface area contributed by atoms with Crippen molar-refractivity contribution in [3.63, 3.8) is 0 Å². The number of hydrogen-bond acceptors (Lipinski definition) is 5. The molecule has 1 atom stereocenters. The number of aliphatic hydroxyl groups is 1. The topological polar surface area (TPSA) is 80.4 Å². The number of aliphatic hydroxyl groups excluding tert-OH is 1. The van der Waals surface area contributed by atoms with Crippen LogP contribution in [0.2, 0.25) is 0 Å². The molecule has 1 saturated carbocycles. The number of nitrogens with two attached hydrogens (primary N) is 1. The van der Waals surface area contributed by atoms with Gasteiger partial charge in [-0.05, 0) is 44.2 Å². The van der Waals surface area contributed by atoms with E-state index in [0.717, 1.165) is 6.42 Å². The predicted octanol–water partition coefficient (Wildman–Crippen LogP) is 2.03. The molecule has 5 heteroatoms. The fourth-order valence-electron chi connectivity index (χ4n) is 1.67. The molecule has 0 saturated heterocycles. The van der Waals surface area contributed by atoms with Crippen molar-refractivity contribution in [2.24, 2.45) is 5.92 Å². The summed E-state index contributed by atoms with van der Waals surface area (Å²) >= 11 is 0. The molecule has 106 valence electrons. The monoisotopic (exact) mass is 265 g/mol. The zero-order valence-corrected chi connectivity index (χ0v) is 11.6. The molecule has 1 fully saturated rings. The maximum absolute atomic E-state index is 9.41. The normalized spacial score (nSPS) is 17.8. The van der Waals surface area contributed by atoms with Crippen molar-refractivity contribution in [1.82, 2.24) is 4.98 Å². The van der Waals surface area contributed by atoms with Gasteiger partial charge in [-0.3, -0.25) is 0 Å². The Labute approximate surface area is 114 Å². The Kier molecular flexibility index (Phi) is 4.14. The molecule has 1 aromatic heterocycles. The van der Waals surface area contributed by atoms with Crippen LogP contribution in [0.4, 0.5) is 11.5 Å². The van der Waals surface area contributed by atoms with Gasteiger partial charge in [0.15, 0.2) is 0 Å². The van der Waals surface area contributed by atoms with Crippen LogP contribution in [-0.2, 0) is 0 Å². The first-order valence-corrected chi connectivity index (χ1v) is 6.84. The van der Waals surface area contributed by atoms with Crippen LogP contribution >= 0.6 is 0 Å². The van der Waals surface area contributed by atoms with Crippen LogP contribution in [0.5, 0.6) is 5.88 Å². The Hall–Kier alpha value is -1.49. The third-order valence-corrected chi connectivity index (χ3v) is 3.60. The molecule has 1 aliphatic carbocycles. The van der Waals surface area contributed by atoms with Crippen LogP contribution in [0.1, 0.15) is 33.1 Å². The molecule has 1 aliphatic rings. The summed E-state index contributed by atoms with van der Waals surface area (Å²) in [5, 5.41) is 12.6. The van der Waals surface area contributed by atoms with Gasteiger partial charge in [-0.2, -0.15) is 4.98 Å². The van der Waals surface area contributed by atoms with Gasteiger partial charge < -0.3 is 20.9 Å². The van der Waals surface area contributed by atoms with E-state index in [1.165, 1.54) is 12.8 Å². The highest BCUT2D eigenvalue weighted by atomic mass is 16.5. The summed E-state index contributed by atoms with van der Waals surface area (Å²) in [6.07, 6.45) is 3.26. The number of ether oxygens (including phenoxy) is 1. The van der Waals surface area contributed by atoms with Gasteiger partial charge in [-0.15, -0.1) is 0 Å². The van der Waals surface area contributed by atoms with Crippen LogP contribution in [0.25, 0.3) is 0 Å². The molecule has 5 nitrogen and oxygen atoms in total. The maximum atomic E-state index is 9.41. The number of rotatable bonds is 7. The van der Waals surface area contributed by atoms with Gasteiger partial charge in [-0.1, -0.05) is 6.92 Å². The minimum Gasteiger partial charge on any atom is -0.476 e. The quantitative estimate of drug-likeness (QED) is 0.703. The Morgan fingerprint density at radius 2 is 2.26 bits per heavy atom. The Bertz CT molecular complexity index is 429. The first-order valence-electron chi connectivity index (χ1n) is 6.84. The Morgan fingerprint density at radius 1 is 1.53 bits per heavy atom. The van der Waals surface area contributed by atoms with Crippen LogP contribution in [0, 0.1) is 5.92 Å². The molecule has 4 N–H and O–H groups in total. The molecule has 0 spiro atoms. The predicted molar refractivity (Wildman–Crippen MR) is 76.3 cm³/mol. The van der Waals surface area contributed by atoms with E-state index in [-0.39, 0.29) is 12.1 Å². The lowest BCUT2D eigenvalue weighted by atomic mass is 10.0. The number of aromatic nitrogens is 1. The highest BCUT2D eigenvalue weighted by molar-refractivity contribution is 5.54. The minimum absolute atomic E-state index is 0.0494. The average molecular weight is 265 g/mol. The maximum Gasteiger partial charge on any atom is 0.239 e. The molecule has 1 aromatic rings. The first-order chi connectivity index (χ1) is 9.06. The number of nitrogens with zero attached hydrogens (tertiary/aromatic N) is 1. The van der Waals surface area contributed by atoms with Gasteiger partial charge in [0.25, 0.3) is 0 Å². The highest BCUT2D eigenvalue weighted by Gasteiger charge is 2.24. The van der Waals surface area contributed by atoms with Gasteiger partial charge in [0.05, 0.1) is 24.4 Å². The molecular formula is C14H23N3O2. The standard InChI is InChI=1S/C14H23N3O2/c1-3-14(2,9-18)17-12-7-6-11(15)13(16-12)19-8-10-4-5-10/h6-7,10,18H,3-5,8-9,15H2,1-2H3,(H,16,17). The van der Waals surface area contributed by atoms with E-state index in [2.05, 4.69) is 10.3 Å². The van der Waals surface area contributed by atoms with Gasteiger partial charge in [0.2, 0.25) is 5.88 Å². The number of nitrogens with one attached hydrogen (secondary N) is 1. The number of nitrogen functional groups attached to an aromatic ring is 1. The molecule has 2 rings (SSSR count). The van der Waals surface area contributed by atoms with Crippen LogP contribution < -0.4 is 15.8 Å². The number of anilines is 2. The van der Waals surface area contributed by atoms with E-state index < -0.39 is 0 Å². The summed E-state index contributed by atoms with van der Waals surface area (Å²) in [6.45, 7) is 4.71. The van der Waals surface area contributed by atoms with E-state index in [0.29, 0.717) is 29.9 Å². The van der Waals surface area contributed by atoms with Gasteiger partial charge in [-0.25, -0.2) is 0 Å². The number of pyridine rings is 1. The Balaban J connectivity index is 2.06.